The first-order chi connectivity index (χ1) is 11.5. The zero-order valence-corrected chi connectivity index (χ0v) is 14.9. The lowest BCUT2D eigenvalue weighted by molar-refractivity contribution is -0.141. The van der Waals surface area contributed by atoms with Gasteiger partial charge in [0.2, 0.25) is 5.95 Å². The van der Waals surface area contributed by atoms with Gasteiger partial charge >= 0.3 is 5.97 Å². The summed E-state index contributed by atoms with van der Waals surface area (Å²) in [6.45, 7) is 2.03. The summed E-state index contributed by atoms with van der Waals surface area (Å²) in [6.07, 6.45) is 4.10. The molecule has 1 heterocycles. The molecular formula is C17H19BrN4O2. The van der Waals surface area contributed by atoms with Gasteiger partial charge in [-0.05, 0) is 47.8 Å². The molecule has 1 aromatic heterocycles. The molecule has 0 unspecified atom stereocenters. The first-order valence-electron chi connectivity index (χ1n) is 7.88. The number of carboxylic acid groups (broad SMARTS) is 1. The quantitative estimate of drug-likeness (QED) is 0.715. The van der Waals surface area contributed by atoms with Crippen LogP contribution in [0.4, 0.5) is 17.5 Å². The molecular weight excluding hydrogens is 372 g/mol. The van der Waals surface area contributed by atoms with E-state index in [4.69, 9.17) is 0 Å². The van der Waals surface area contributed by atoms with Crippen molar-refractivity contribution in [3.05, 3.63) is 40.5 Å². The number of carboxylic acids is 1. The third-order valence-electron chi connectivity index (χ3n) is 4.21. The van der Waals surface area contributed by atoms with Gasteiger partial charge in [-0.3, -0.25) is 4.79 Å². The van der Waals surface area contributed by atoms with Gasteiger partial charge in [0.15, 0.2) is 0 Å². The number of anilines is 3. The minimum atomic E-state index is -0.756. The summed E-state index contributed by atoms with van der Waals surface area (Å²) in [4.78, 5) is 20.1. The lowest BCUT2D eigenvalue weighted by Crippen LogP contribution is -2.30. The minimum Gasteiger partial charge on any atom is -0.481 e. The molecule has 1 saturated carbocycles. The van der Waals surface area contributed by atoms with Gasteiger partial charge in [-0.1, -0.05) is 24.1 Å². The van der Waals surface area contributed by atoms with Crippen LogP contribution in [0.3, 0.4) is 0 Å². The molecule has 0 bridgehead atoms. The van der Waals surface area contributed by atoms with Gasteiger partial charge in [-0.15, -0.1) is 0 Å². The number of nitrogens with one attached hydrogen (secondary N) is 2. The number of hydrogen-bond donors (Lipinski definition) is 3. The molecule has 24 heavy (non-hydrogen) atoms. The molecule has 1 aromatic carbocycles. The van der Waals surface area contributed by atoms with E-state index in [0.29, 0.717) is 22.7 Å². The summed E-state index contributed by atoms with van der Waals surface area (Å²) in [5.74, 6) is -0.0549. The molecule has 3 N–H and O–H groups in total. The molecule has 2 aromatic rings. The van der Waals surface area contributed by atoms with E-state index >= 15 is 0 Å². The summed E-state index contributed by atoms with van der Waals surface area (Å²) < 4.78 is 0.716. The molecule has 1 fully saturated rings. The Morgan fingerprint density at radius 3 is 2.75 bits per heavy atom. The second-order valence-electron chi connectivity index (χ2n) is 6.01. The second-order valence-corrected chi connectivity index (χ2v) is 6.86. The highest BCUT2D eigenvalue weighted by atomic mass is 79.9. The largest absolute Gasteiger partial charge is 0.481 e. The van der Waals surface area contributed by atoms with Crippen LogP contribution >= 0.6 is 15.9 Å². The minimum absolute atomic E-state index is 0.110. The van der Waals surface area contributed by atoms with Gasteiger partial charge in [0.1, 0.15) is 5.82 Å². The Labute approximate surface area is 148 Å². The highest BCUT2D eigenvalue weighted by Crippen LogP contribution is 2.31. The summed E-state index contributed by atoms with van der Waals surface area (Å²) in [5.41, 5.74) is 2.08. The van der Waals surface area contributed by atoms with E-state index in [-0.39, 0.29) is 12.0 Å². The summed E-state index contributed by atoms with van der Waals surface area (Å²) in [7, 11) is 0. The monoisotopic (exact) mass is 390 g/mol. The van der Waals surface area contributed by atoms with Crippen molar-refractivity contribution in [3.63, 3.8) is 0 Å². The van der Waals surface area contributed by atoms with Crippen molar-refractivity contribution in [2.75, 3.05) is 10.6 Å². The van der Waals surface area contributed by atoms with E-state index in [0.717, 1.165) is 18.5 Å². The number of rotatable bonds is 5. The van der Waals surface area contributed by atoms with Crippen LogP contribution in [0.1, 0.15) is 24.8 Å². The van der Waals surface area contributed by atoms with E-state index in [1.807, 2.05) is 31.2 Å². The fourth-order valence-electron chi connectivity index (χ4n) is 2.90. The van der Waals surface area contributed by atoms with Gasteiger partial charge in [0, 0.05) is 17.9 Å². The van der Waals surface area contributed by atoms with E-state index < -0.39 is 5.97 Å². The predicted molar refractivity (Wildman–Crippen MR) is 96.6 cm³/mol. The SMILES string of the molecule is Cc1ccc(Nc2ncc(Br)c(N[C@@H]3CCC[C@@H]3C(=O)O)n2)cc1. The van der Waals surface area contributed by atoms with Crippen LogP contribution in [0, 0.1) is 12.8 Å². The molecule has 3 rings (SSSR count). The van der Waals surface area contributed by atoms with Crippen LogP contribution in [0.25, 0.3) is 0 Å². The lowest BCUT2D eigenvalue weighted by Gasteiger charge is -2.19. The zero-order valence-electron chi connectivity index (χ0n) is 13.3. The Morgan fingerprint density at radius 1 is 1.29 bits per heavy atom. The smallest absolute Gasteiger partial charge is 0.308 e. The van der Waals surface area contributed by atoms with Gasteiger partial charge in [0.25, 0.3) is 0 Å². The van der Waals surface area contributed by atoms with Crippen molar-refractivity contribution in [1.82, 2.24) is 9.97 Å². The first kappa shape index (κ1) is 16.7. The number of benzene rings is 1. The summed E-state index contributed by atoms with van der Waals surface area (Å²) >= 11 is 3.43. The fourth-order valence-corrected chi connectivity index (χ4v) is 3.20. The van der Waals surface area contributed by atoms with Gasteiger partial charge in [-0.25, -0.2) is 4.98 Å². The maximum absolute atomic E-state index is 11.3. The molecule has 0 aliphatic heterocycles. The van der Waals surface area contributed by atoms with Crippen LogP contribution in [-0.4, -0.2) is 27.1 Å². The highest BCUT2D eigenvalue weighted by molar-refractivity contribution is 9.10. The fraction of sp³-hybridized carbons (Fsp3) is 0.353. The standard InChI is InChI=1S/C17H19BrN4O2/c1-10-5-7-11(8-6-10)20-17-19-9-13(18)15(22-17)21-14-4-2-3-12(14)16(23)24/h5-9,12,14H,2-4H2,1H3,(H,23,24)(H2,19,20,21,22)/t12-,14+/m0/s1. The Hall–Kier alpha value is -2.15. The van der Waals surface area contributed by atoms with E-state index in [1.54, 1.807) is 6.20 Å². The number of nitrogens with zero attached hydrogens (tertiary/aromatic N) is 2. The molecule has 0 amide bonds. The maximum atomic E-state index is 11.3. The average molecular weight is 391 g/mol. The van der Waals surface area contributed by atoms with E-state index in [9.17, 15) is 9.90 Å². The normalized spacial score (nSPS) is 19.9. The van der Waals surface area contributed by atoms with E-state index in [2.05, 4.69) is 36.5 Å². The molecule has 2 atom stereocenters. The molecule has 1 aliphatic carbocycles. The molecule has 6 nitrogen and oxygen atoms in total. The number of aryl methyl sites for hydroxylation is 1. The topological polar surface area (TPSA) is 87.1 Å². The summed E-state index contributed by atoms with van der Waals surface area (Å²) in [5, 5.41) is 15.7. The third kappa shape index (κ3) is 3.84. The van der Waals surface area contributed by atoms with Crippen molar-refractivity contribution < 1.29 is 9.90 Å². The molecule has 126 valence electrons. The molecule has 0 saturated heterocycles. The van der Waals surface area contributed by atoms with Crippen LogP contribution < -0.4 is 10.6 Å². The number of aliphatic carboxylic acids is 1. The zero-order chi connectivity index (χ0) is 17.1. The van der Waals surface area contributed by atoms with Crippen LogP contribution in [0.2, 0.25) is 0 Å². The molecule has 0 radical (unpaired) electrons. The van der Waals surface area contributed by atoms with Crippen molar-refractivity contribution in [3.8, 4) is 0 Å². The van der Waals surface area contributed by atoms with Gasteiger partial charge < -0.3 is 15.7 Å². The van der Waals surface area contributed by atoms with Crippen molar-refractivity contribution in [1.29, 1.82) is 0 Å². The lowest BCUT2D eigenvalue weighted by atomic mass is 10.0. The van der Waals surface area contributed by atoms with E-state index in [1.165, 1.54) is 5.56 Å². The Morgan fingerprint density at radius 2 is 2.04 bits per heavy atom. The maximum Gasteiger partial charge on any atom is 0.308 e. The van der Waals surface area contributed by atoms with Gasteiger partial charge in [-0.2, -0.15) is 4.98 Å². The predicted octanol–water partition coefficient (Wildman–Crippen LogP) is 3.96. The van der Waals surface area contributed by atoms with Crippen LogP contribution in [-0.2, 0) is 4.79 Å². The Balaban J connectivity index is 1.76. The van der Waals surface area contributed by atoms with Crippen LogP contribution in [0.5, 0.6) is 0 Å². The Bertz CT molecular complexity index is 736. The van der Waals surface area contributed by atoms with Crippen molar-refractivity contribution in [2.45, 2.75) is 32.2 Å². The first-order valence-corrected chi connectivity index (χ1v) is 8.68. The molecule has 1 aliphatic rings. The molecule has 0 spiro atoms. The molecule has 7 heteroatoms. The van der Waals surface area contributed by atoms with Crippen LogP contribution in [0.15, 0.2) is 34.9 Å². The third-order valence-corrected chi connectivity index (χ3v) is 4.79. The highest BCUT2D eigenvalue weighted by Gasteiger charge is 2.33. The number of hydrogen-bond acceptors (Lipinski definition) is 5. The van der Waals surface area contributed by atoms with Crippen molar-refractivity contribution in [2.24, 2.45) is 5.92 Å². The van der Waals surface area contributed by atoms with Crippen molar-refractivity contribution >= 4 is 39.4 Å². The second kappa shape index (κ2) is 7.17. The number of halogens is 1. The van der Waals surface area contributed by atoms with Gasteiger partial charge in [0.05, 0.1) is 10.4 Å². The summed E-state index contributed by atoms with van der Waals surface area (Å²) in [6, 6.07) is 7.84. The number of aromatic nitrogens is 2. The number of carbonyl (C=O) groups is 1. The average Bonchev–Trinajstić information content (AvgIpc) is 3.01. The Kier molecular flexibility index (Phi) is 4.99.